The van der Waals surface area contributed by atoms with Gasteiger partial charge in [-0.3, -0.25) is 19.3 Å². The molecule has 1 aromatic rings. The zero-order valence-corrected chi connectivity index (χ0v) is 11.3. The molecular formula is C15H16N2O3. The van der Waals surface area contributed by atoms with Gasteiger partial charge in [0, 0.05) is 18.7 Å². The monoisotopic (exact) mass is 272 g/mol. The van der Waals surface area contributed by atoms with E-state index in [1.54, 1.807) is 31.2 Å². The van der Waals surface area contributed by atoms with Crippen LogP contribution in [0.15, 0.2) is 36.4 Å². The van der Waals surface area contributed by atoms with E-state index >= 15 is 0 Å². The van der Waals surface area contributed by atoms with Gasteiger partial charge in [0.05, 0.1) is 11.1 Å². The van der Waals surface area contributed by atoms with Gasteiger partial charge in [0.15, 0.2) is 0 Å². The van der Waals surface area contributed by atoms with Crippen LogP contribution in [0.5, 0.6) is 0 Å². The predicted octanol–water partition coefficient (Wildman–Crippen LogP) is 1.36. The van der Waals surface area contributed by atoms with Crippen LogP contribution in [0.4, 0.5) is 0 Å². The standard InChI is InChI=1S/C15H16N2O3/c1-10(2)13(18)16-8-5-9-17-14(19)11-6-3-4-7-12(11)15(17)20/h3-4,6-7H,1,5,8-9H2,2H3,(H,16,18). The van der Waals surface area contributed by atoms with Gasteiger partial charge in [-0.1, -0.05) is 18.7 Å². The zero-order chi connectivity index (χ0) is 14.7. The molecule has 0 aromatic heterocycles. The van der Waals surface area contributed by atoms with E-state index < -0.39 is 0 Å². The first kappa shape index (κ1) is 14.0. The maximum absolute atomic E-state index is 12.0. The van der Waals surface area contributed by atoms with Crippen molar-refractivity contribution in [3.05, 3.63) is 47.5 Å². The van der Waals surface area contributed by atoms with Gasteiger partial charge in [0.2, 0.25) is 5.91 Å². The summed E-state index contributed by atoms with van der Waals surface area (Å²) in [7, 11) is 0. The number of benzene rings is 1. The van der Waals surface area contributed by atoms with Crippen LogP contribution in [0.25, 0.3) is 0 Å². The van der Waals surface area contributed by atoms with Crippen molar-refractivity contribution in [2.24, 2.45) is 0 Å². The fourth-order valence-corrected chi connectivity index (χ4v) is 2.03. The molecule has 1 aliphatic heterocycles. The molecule has 5 nitrogen and oxygen atoms in total. The molecule has 1 N–H and O–H groups in total. The molecule has 1 aromatic carbocycles. The van der Waals surface area contributed by atoms with Crippen molar-refractivity contribution >= 4 is 17.7 Å². The highest BCUT2D eigenvalue weighted by Crippen LogP contribution is 2.22. The minimum absolute atomic E-state index is 0.215. The van der Waals surface area contributed by atoms with E-state index in [0.717, 1.165) is 0 Å². The maximum atomic E-state index is 12.0. The number of nitrogens with one attached hydrogen (secondary N) is 1. The summed E-state index contributed by atoms with van der Waals surface area (Å²) in [5.74, 6) is -0.749. The summed E-state index contributed by atoms with van der Waals surface area (Å²) < 4.78 is 0. The SMILES string of the molecule is C=C(C)C(=O)NCCCN1C(=O)c2ccccc2C1=O. The smallest absolute Gasteiger partial charge is 0.261 e. The second-order valence-electron chi connectivity index (χ2n) is 4.70. The minimum atomic E-state index is -0.267. The number of carbonyl (C=O) groups excluding carboxylic acids is 3. The maximum Gasteiger partial charge on any atom is 0.261 e. The van der Waals surface area contributed by atoms with Crippen LogP contribution >= 0.6 is 0 Å². The molecule has 2 rings (SSSR count). The molecule has 0 radical (unpaired) electrons. The van der Waals surface area contributed by atoms with Crippen LogP contribution in [0.1, 0.15) is 34.1 Å². The lowest BCUT2D eigenvalue weighted by Crippen LogP contribution is -2.33. The predicted molar refractivity (Wildman–Crippen MR) is 74.2 cm³/mol. The Morgan fingerprint density at radius 2 is 1.75 bits per heavy atom. The number of amides is 3. The van der Waals surface area contributed by atoms with E-state index in [1.807, 2.05) is 0 Å². The molecule has 0 fully saturated rings. The third kappa shape index (κ3) is 2.61. The Bertz CT molecular complexity index is 558. The molecule has 0 saturated carbocycles. The van der Waals surface area contributed by atoms with Crippen molar-refractivity contribution in [2.75, 3.05) is 13.1 Å². The quantitative estimate of drug-likeness (QED) is 0.500. The van der Waals surface area contributed by atoms with Crippen molar-refractivity contribution < 1.29 is 14.4 Å². The Morgan fingerprint density at radius 3 is 2.25 bits per heavy atom. The van der Waals surface area contributed by atoms with Crippen LogP contribution in [0, 0.1) is 0 Å². The zero-order valence-electron chi connectivity index (χ0n) is 11.3. The molecule has 0 aliphatic carbocycles. The first-order valence-corrected chi connectivity index (χ1v) is 6.41. The summed E-state index contributed by atoms with van der Waals surface area (Å²) >= 11 is 0. The second-order valence-corrected chi connectivity index (χ2v) is 4.70. The molecule has 0 atom stereocenters. The highest BCUT2D eigenvalue weighted by atomic mass is 16.2. The van der Waals surface area contributed by atoms with Gasteiger partial charge in [0.25, 0.3) is 11.8 Å². The number of hydrogen-bond acceptors (Lipinski definition) is 3. The average Bonchev–Trinajstić information content (AvgIpc) is 2.68. The fourth-order valence-electron chi connectivity index (χ4n) is 2.03. The molecule has 5 heteroatoms. The third-order valence-electron chi connectivity index (χ3n) is 3.11. The van der Waals surface area contributed by atoms with Gasteiger partial charge in [-0.05, 0) is 25.5 Å². The Hall–Kier alpha value is -2.43. The lowest BCUT2D eigenvalue weighted by atomic mass is 10.1. The number of carbonyl (C=O) groups is 3. The summed E-state index contributed by atoms with van der Waals surface area (Å²) in [6.45, 7) is 5.85. The molecule has 1 heterocycles. The molecule has 104 valence electrons. The Balaban J connectivity index is 1.90. The molecular weight excluding hydrogens is 256 g/mol. The lowest BCUT2D eigenvalue weighted by Gasteiger charge is -2.13. The Morgan fingerprint density at radius 1 is 1.20 bits per heavy atom. The van der Waals surface area contributed by atoms with E-state index in [0.29, 0.717) is 36.2 Å². The first-order valence-electron chi connectivity index (χ1n) is 6.41. The van der Waals surface area contributed by atoms with Gasteiger partial charge in [0.1, 0.15) is 0 Å². The summed E-state index contributed by atoms with van der Waals surface area (Å²) in [5.41, 5.74) is 1.33. The number of hydrogen-bond donors (Lipinski definition) is 1. The molecule has 20 heavy (non-hydrogen) atoms. The first-order chi connectivity index (χ1) is 9.52. The van der Waals surface area contributed by atoms with Crippen LogP contribution in [0.2, 0.25) is 0 Å². The largest absolute Gasteiger partial charge is 0.352 e. The van der Waals surface area contributed by atoms with E-state index in [4.69, 9.17) is 0 Å². The Kier molecular flexibility index (Phi) is 3.98. The summed E-state index contributed by atoms with van der Waals surface area (Å²) in [4.78, 5) is 36.6. The van der Waals surface area contributed by atoms with Crippen LogP contribution in [-0.4, -0.2) is 35.7 Å². The number of fused-ring (bicyclic) bond motifs is 1. The Labute approximate surface area is 117 Å². The lowest BCUT2D eigenvalue weighted by molar-refractivity contribution is -0.117. The third-order valence-corrected chi connectivity index (χ3v) is 3.11. The van der Waals surface area contributed by atoms with E-state index in [1.165, 1.54) is 4.90 Å². The van der Waals surface area contributed by atoms with Gasteiger partial charge in [-0.2, -0.15) is 0 Å². The van der Waals surface area contributed by atoms with Crippen LogP contribution in [0.3, 0.4) is 0 Å². The summed E-state index contributed by atoms with van der Waals surface area (Å²) in [6.07, 6.45) is 0.518. The molecule has 0 bridgehead atoms. The molecule has 3 amide bonds. The van der Waals surface area contributed by atoms with Crippen molar-refractivity contribution in [2.45, 2.75) is 13.3 Å². The van der Waals surface area contributed by atoms with Crippen molar-refractivity contribution in [1.29, 1.82) is 0 Å². The van der Waals surface area contributed by atoms with Gasteiger partial charge < -0.3 is 5.32 Å². The van der Waals surface area contributed by atoms with Crippen molar-refractivity contribution in [3.8, 4) is 0 Å². The topological polar surface area (TPSA) is 66.5 Å². The van der Waals surface area contributed by atoms with E-state index in [2.05, 4.69) is 11.9 Å². The van der Waals surface area contributed by atoms with Crippen LogP contribution in [-0.2, 0) is 4.79 Å². The van der Waals surface area contributed by atoms with Gasteiger partial charge in [-0.15, -0.1) is 0 Å². The number of rotatable bonds is 5. The fraction of sp³-hybridized carbons (Fsp3) is 0.267. The van der Waals surface area contributed by atoms with Crippen LogP contribution < -0.4 is 5.32 Å². The average molecular weight is 272 g/mol. The number of imide groups is 1. The molecule has 0 saturated heterocycles. The van der Waals surface area contributed by atoms with E-state index in [-0.39, 0.29) is 17.7 Å². The highest BCUT2D eigenvalue weighted by Gasteiger charge is 2.34. The van der Waals surface area contributed by atoms with Crippen molar-refractivity contribution in [1.82, 2.24) is 10.2 Å². The molecule has 1 aliphatic rings. The minimum Gasteiger partial charge on any atom is -0.352 e. The second kappa shape index (κ2) is 5.69. The highest BCUT2D eigenvalue weighted by molar-refractivity contribution is 6.21. The molecule has 0 spiro atoms. The van der Waals surface area contributed by atoms with E-state index in [9.17, 15) is 14.4 Å². The summed E-state index contributed by atoms with van der Waals surface area (Å²) in [5, 5.41) is 2.67. The number of nitrogens with zero attached hydrogens (tertiary/aromatic N) is 1. The molecule has 0 unspecified atom stereocenters. The summed E-state index contributed by atoms with van der Waals surface area (Å²) in [6, 6.07) is 6.78. The van der Waals surface area contributed by atoms with Crippen molar-refractivity contribution in [3.63, 3.8) is 0 Å². The van der Waals surface area contributed by atoms with Gasteiger partial charge in [-0.25, -0.2) is 0 Å². The normalized spacial score (nSPS) is 13.3. The van der Waals surface area contributed by atoms with Gasteiger partial charge >= 0.3 is 0 Å².